The van der Waals surface area contributed by atoms with Gasteiger partial charge in [0.1, 0.15) is 0 Å². The van der Waals surface area contributed by atoms with Gasteiger partial charge in [0.15, 0.2) is 0 Å². The lowest BCUT2D eigenvalue weighted by Gasteiger charge is -2.16. The van der Waals surface area contributed by atoms with E-state index in [1.165, 1.54) is 0 Å². The number of nitrogens with two attached hydrogens (primary N) is 1. The first-order valence-electron chi connectivity index (χ1n) is 7.97. The van der Waals surface area contributed by atoms with Gasteiger partial charge in [-0.2, -0.15) is 0 Å². The maximum Gasteiger partial charge on any atom is 0.253 e. The van der Waals surface area contributed by atoms with E-state index in [2.05, 4.69) is 29.2 Å². The maximum atomic E-state index is 12.4. The van der Waals surface area contributed by atoms with Crippen molar-refractivity contribution in [2.24, 2.45) is 5.73 Å². The monoisotopic (exact) mass is 309 g/mol. The molecule has 0 aliphatic carbocycles. The number of anilines is 1. The van der Waals surface area contributed by atoms with Crippen LogP contribution in [0.3, 0.4) is 0 Å². The number of hydrogen-bond donors (Lipinski definition) is 1. The summed E-state index contributed by atoms with van der Waals surface area (Å²) in [7, 11) is 4.06. The molecule has 1 amide bonds. The Balaban J connectivity index is 1.79. The van der Waals surface area contributed by atoms with Crippen LogP contribution in [0.2, 0.25) is 0 Å². The molecule has 2 aromatic rings. The van der Waals surface area contributed by atoms with Crippen molar-refractivity contribution < 1.29 is 4.79 Å². The van der Waals surface area contributed by atoms with Gasteiger partial charge >= 0.3 is 0 Å². The topological polar surface area (TPSA) is 49.6 Å². The third-order valence-electron chi connectivity index (χ3n) is 4.34. The molecule has 1 aliphatic heterocycles. The average molecular weight is 309 g/mol. The second-order valence-corrected chi connectivity index (χ2v) is 6.32. The normalized spacial score (nSPS) is 17.3. The number of likely N-dealkylation sites (tertiary alicyclic amines) is 1. The molecule has 4 heteroatoms. The van der Waals surface area contributed by atoms with Crippen LogP contribution in [0.4, 0.5) is 5.69 Å². The van der Waals surface area contributed by atoms with Gasteiger partial charge in [0.2, 0.25) is 0 Å². The van der Waals surface area contributed by atoms with Crippen LogP contribution < -0.4 is 10.6 Å². The maximum absolute atomic E-state index is 12.4. The lowest BCUT2D eigenvalue weighted by Crippen LogP contribution is -2.31. The molecule has 1 fully saturated rings. The summed E-state index contributed by atoms with van der Waals surface area (Å²) in [5, 5.41) is 0. The molecule has 4 nitrogen and oxygen atoms in total. The molecule has 0 spiro atoms. The van der Waals surface area contributed by atoms with Crippen LogP contribution in [-0.4, -0.2) is 44.0 Å². The molecule has 1 aliphatic rings. The molecular formula is C19H23N3O. The van der Waals surface area contributed by atoms with Gasteiger partial charge in [-0.25, -0.2) is 0 Å². The molecule has 0 bridgehead atoms. The van der Waals surface area contributed by atoms with E-state index in [-0.39, 0.29) is 11.9 Å². The van der Waals surface area contributed by atoms with Gasteiger partial charge in [-0.05, 0) is 41.8 Å². The highest BCUT2D eigenvalue weighted by atomic mass is 16.2. The number of hydrogen-bond acceptors (Lipinski definition) is 3. The summed E-state index contributed by atoms with van der Waals surface area (Å²) >= 11 is 0. The zero-order valence-corrected chi connectivity index (χ0v) is 13.7. The van der Waals surface area contributed by atoms with Gasteiger partial charge in [0.25, 0.3) is 5.91 Å². The summed E-state index contributed by atoms with van der Waals surface area (Å²) in [6.45, 7) is 1.41. The molecule has 2 N–H and O–H groups in total. The van der Waals surface area contributed by atoms with Crippen molar-refractivity contribution in [3.63, 3.8) is 0 Å². The molecule has 120 valence electrons. The Hall–Kier alpha value is -2.33. The molecule has 1 atom stereocenters. The van der Waals surface area contributed by atoms with Crippen LogP contribution in [0.1, 0.15) is 16.8 Å². The van der Waals surface area contributed by atoms with Gasteiger partial charge in [-0.3, -0.25) is 4.79 Å². The zero-order valence-electron chi connectivity index (χ0n) is 13.7. The highest BCUT2D eigenvalue weighted by Gasteiger charge is 2.24. The zero-order chi connectivity index (χ0) is 16.4. The first-order valence-corrected chi connectivity index (χ1v) is 7.97. The predicted molar refractivity (Wildman–Crippen MR) is 94.7 cm³/mol. The van der Waals surface area contributed by atoms with Crippen LogP contribution in [0.15, 0.2) is 48.5 Å². The Morgan fingerprint density at radius 2 is 1.87 bits per heavy atom. The second kappa shape index (κ2) is 6.42. The highest BCUT2D eigenvalue weighted by Crippen LogP contribution is 2.24. The summed E-state index contributed by atoms with van der Waals surface area (Å²) in [5.41, 5.74) is 10.0. The van der Waals surface area contributed by atoms with E-state index < -0.39 is 0 Å². The largest absolute Gasteiger partial charge is 0.378 e. The van der Waals surface area contributed by atoms with E-state index in [1.807, 2.05) is 43.3 Å². The Kier molecular flexibility index (Phi) is 4.35. The van der Waals surface area contributed by atoms with E-state index in [0.29, 0.717) is 6.54 Å². The number of amides is 1. The van der Waals surface area contributed by atoms with Gasteiger partial charge < -0.3 is 15.5 Å². The Labute approximate surface area is 137 Å². The van der Waals surface area contributed by atoms with Crippen LogP contribution in [0, 0.1) is 0 Å². The van der Waals surface area contributed by atoms with E-state index in [1.54, 1.807) is 0 Å². The lowest BCUT2D eigenvalue weighted by molar-refractivity contribution is 0.0791. The number of benzene rings is 2. The van der Waals surface area contributed by atoms with Crippen LogP contribution in [0.5, 0.6) is 0 Å². The molecule has 0 aromatic heterocycles. The fourth-order valence-corrected chi connectivity index (χ4v) is 2.92. The molecule has 1 saturated heterocycles. The number of carbonyl (C=O) groups is 1. The van der Waals surface area contributed by atoms with Crippen molar-refractivity contribution in [2.75, 3.05) is 32.1 Å². The molecule has 3 rings (SSSR count). The quantitative estimate of drug-likeness (QED) is 0.948. The minimum atomic E-state index is 0.0755. The van der Waals surface area contributed by atoms with Crippen molar-refractivity contribution in [1.29, 1.82) is 0 Å². The molecule has 1 unspecified atom stereocenters. The second-order valence-electron chi connectivity index (χ2n) is 6.32. The molecule has 23 heavy (non-hydrogen) atoms. The Morgan fingerprint density at radius 3 is 2.48 bits per heavy atom. The van der Waals surface area contributed by atoms with Crippen LogP contribution in [0.25, 0.3) is 11.1 Å². The summed E-state index contributed by atoms with van der Waals surface area (Å²) in [5.74, 6) is 0.0755. The van der Waals surface area contributed by atoms with Gasteiger partial charge in [-0.15, -0.1) is 0 Å². The van der Waals surface area contributed by atoms with Crippen LogP contribution >= 0.6 is 0 Å². The van der Waals surface area contributed by atoms with E-state index in [4.69, 9.17) is 5.73 Å². The summed E-state index contributed by atoms with van der Waals surface area (Å²) < 4.78 is 0. The molecular weight excluding hydrogens is 286 g/mol. The number of rotatable bonds is 3. The van der Waals surface area contributed by atoms with Gasteiger partial charge in [-0.1, -0.05) is 24.3 Å². The fraction of sp³-hybridized carbons (Fsp3) is 0.316. The lowest BCUT2D eigenvalue weighted by atomic mass is 10.0. The SMILES string of the molecule is CN(C)c1cccc(-c2ccc(C(=O)N3CCC(N)C3)cc2)c1. The van der Waals surface area contributed by atoms with Crippen molar-refractivity contribution in [3.05, 3.63) is 54.1 Å². The van der Waals surface area contributed by atoms with Crippen molar-refractivity contribution in [1.82, 2.24) is 4.90 Å². The predicted octanol–water partition coefficient (Wildman–Crippen LogP) is 2.59. The van der Waals surface area contributed by atoms with Crippen molar-refractivity contribution in [2.45, 2.75) is 12.5 Å². The van der Waals surface area contributed by atoms with Gasteiger partial charge in [0, 0.05) is 44.5 Å². The molecule has 0 saturated carbocycles. The summed E-state index contributed by atoms with van der Waals surface area (Å²) in [6.07, 6.45) is 0.890. The van der Waals surface area contributed by atoms with E-state index in [0.717, 1.165) is 35.3 Å². The highest BCUT2D eigenvalue weighted by molar-refractivity contribution is 5.95. The van der Waals surface area contributed by atoms with E-state index >= 15 is 0 Å². The fourth-order valence-electron chi connectivity index (χ4n) is 2.92. The average Bonchev–Trinajstić information content (AvgIpc) is 3.01. The van der Waals surface area contributed by atoms with E-state index in [9.17, 15) is 4.79 Å². The minimum Gasteiger partial charge on any atom is -0.378 e. The molecule has 0 radical (unpaired) electrons. The number of carbonyl (C=O) groups excluding carboxylic acids is 1. The molecule has 1 heterocycles. The minimum absolute atomic E-state index is 0.0755. The third kappa shape index (κ3) is 3.37. The van der Waals surface area contributed by atoms with Gasteiger partial charge in [0.05, 0.1) is 0 Å². The number of nitrogens with zero attached hydrogens (tertiary/aromatic N) is 2. The first kappa shape index (κ1) is 15.6. The Bertz CT molecular complexity index is 694. The van der Waals surface area contributed by atoms with Crippen LogP contribution in [-0.2, 0) is 0 Å². The Morgan fingerprint density at radius 1 is 1.13 bits per heavy atom. The molecule has 2 aromatic carbocycles. The standard InChI is InChI=1S/C19H23N3O/c1-21(2)18-5-3-4-16(12-18)14-6-8-15(9-7-14)19(23)22-11-10-17(20)13-22/h3-9,12,17H,10-11,13,20H2,1-2H3. The smallest absolute Gasteiger partial charge is 0.253 e. The first-order chi connectivity index (χ1) is 11.0. The summed E-state index contributed by atoms with van der Waals surface area (Å²) in [4.78, 5) is 16.4. The van der Waals surface area contributed by atoms with Crippen molar-refractivity contribution >= 4 is 11.6 Å². The summed E-state index contributed by atoms with van der Waals surface area (Å²) in [6, 6.07) is 16.3. The third-order valence-corrected chi connectivity index (χ3v) is 4.34. The van der Waals surface area contributed by atoms with Crippen molar-refractivity contribution in [3.8, 4) is 11.1 Å².